The van der Waals surface area contributed by atoms with Crippen LogP contribution in [0.15, 0.2) is 54.6 Å². The summed E-state index contributed by atoms with van der Waals surface area (Å²) in [7, 11) is 0. The molecule has 0 radical (unpaired) electrons. The molecule has 1 fully saturated rings. The first-order valence-electron chi connectivity index (χ1n) is 8.35. The van der Waals surface area contributed by atoms with Crippen LogP contribution < -0.4 is 5.32 Å². The van der Waals surface area contributed by atoms with Gasteiger partial charge in [0.25, 0.3) is 0 Å². The molecule has 0 unspecified atom stereocenters. The number of nitrogens with one attached hydrogen (secondary N) is 1. The summed E-state index contributed by atoms with van der Waals surface area (Å²) in [5.74, 6) is 1.07. The Kier molecular flexibility index (Phi) is 4.09. The van der Waals surface area contributed by atoms with Crippen molar-refractivity contribution in [1.29, 1.82) is 0 Å². The van der Waals surface area contributed by atoms with Crippen molar-refractivity contribution in [2.45, 2.75) is 6.54 Å². The van der Waals surface area contributed by atoms with E-state index in [0.29, 0.717) is 0 Å². The van der Waals surface area contributed by atoms with Crippen molar-refractivity contribution >= 4 is 11.0 Å². The lowest BCUT2D eigenvalue weighted by molar-refractivity contribution is 0.233. The zero-order valence-electron chi connectivity index (χ0n) is 13.3. The fraction of sp³-hybridized carbons (Fsp3) is 0.316. The summed E-state index contributed by atoms with van der Waals surface area (Å²) in [6, 6.07) is 18.9. The van der Waals surface area contributed by atoms with Gasteiger partial charge in [-0.15, -0.1) is 0 Å². The third kappa shape index (κ3) is 3.00. The summed E-state index contributed by atoms with van der Waals surface area (Å²) in [6.07, 6.45) is 0. The van der Waals surface area contributed by atoms with Crippen LogP contribution in [0.4, 0.5) is 0 Å². The molecule has 1 aliphatic rings. The van der Waals surface area contributed by atoms with Crippen LogP contribution >= 0.6 is 0 Å². The van der Waals surface area contributed by atoms with Crippen molar-refractivity contribution in [3.63, 3.8) is 0 Å². The largest absolute Gasteiger partial charge is 0.323 e. The Hall–Kier alpha value is -2.17. The highest BCUT2D eigenvalue weighted by Gasteiger charge is 2.14. The number of para-hydroxylation sites is 2. The topological polar surface area (TPSA) is 33.1 Å². The van der Waals surface area contributed by atoms with E-state index in [1.807, 2.05) is 0 Å². The van der Waals surface area contributed by atoms with Gasteiger partial charge >= 0.3 is 0 Å². The first-order chi connectivity index (χ1) is 11.4. The minimum Gasteiger partial charge on any atom is -0.323 e. The van der Waals surface area contributed by atoms with Gasteiger partial charge < -0.3 is 9.88 Å². The molecular weight excluding hydrogens is 284 g/mol. The summed E-state index contributed by atoms with van der Waals surface area (Å²) in [5.41, 5.74) is 3.48. The number of hydrogen-bond donors (Lipinski definition) is 1. The Morgan fingerprint density at radius 1 is 0.870 bits per heavy atom. The monoisotopic (exact) mass is 306 g/mol. The lowest BCUT2D eigenvalue weighted by atomic mass is 10.2. The molecule has 0 aliphatic carbocycles. The molecule has 0 spiro atoms. The van der Waals surface area contributed by atoms with E-state index in [1.165, 1.54) is 11.1 Å². The van der Waals surface area contributed by atoms with Gasteiger partial charge in [0.2, 0.25) is 0 Å². The van der Waals surface area contributed by atoms with Gasteiger partial charge in [0.05, 0.1) is 11.0 Å². The SMILES string of the molecule is c1ccc(-c2nc3ccccc3n2CCN2CCNCC2)cc1. The van der Waals surface area contributed by atoms with E-state index < -0.39 is 0 Å². The fourth-order valence-electron chi connectivity index (χ4n) is 3.29. The quantitative estimate of drug-likeness (QED) is 0.804. The highest BCUT2D eigenvalue weighted by atomic mass is 15.2. The summed E-state index contributed by atoms with van der Waals surface area (Å²) in [6.45, 7) is 6.50. The van der Waals surface area contributed by atoms with E-state index in [4.69, 9.17) is 4.98 Å². The predicted octanol–water partition coefficient (Wildman–Crippen LogP) is 2.61. The molecule has 3 aromatic rings. The van der Waals surface area contributed by atoms with E-state index in [9.17, 15) is 0 Å². The van der Waals surface area contributed by atoms with Gasteiger partial charge in [-0.3, -0.25) is 4.90 Å². The van der Waals surface area contributed by atoms with Crippen LogP contribution in [0.25, 0.3) is 22.4 Å². The summed E-state index contributed by atoms with van der Waals surface area (Å²) in [5, 5.41) is 3.41. The number of rotatable bonds is 4. The second-order valence-corrected chi connectivity index (χ2v) is 6.03. The van der Waals surface area contributed by atoms with E-state index in [0.717, 1.165) is 50.6 Å². The molecule has 23 heavy (non-hydrogen) atoms. The number of fused-ring (bicyclic) bond motifs is 1. The van der Waals surface area contributed by atoms with Crippen LogP contribution in [0.2, 0.25) is 0 Å². The Morgan fingerprint density at radius 3 is 2.43 bits per heavy atom. The number of imidazole rings is 1. The molecule has 0 atom stereocenters. The Balaban J connectivity index is 1.68. The summed E-state index contributed by atoms with van der Waals surface area (Å²) < 4.78 is 2.37. The lowest BCUT2D eigenvalue weighted by Gasteiger charge is -2.27. The van der Waals surface area contributed by atoms with Gasteiger partial charge in [-0.2, -0.15) is 0 Å². The van der Waals surface area contributed by atoms with Crippen molar-refractivity contribution in [3.8, 4) is 11.4 Å². The van der Waals surface area contributed by atoms with Gasteiger partial charge in [0.15, 0.2) is 0 Å². The Morgan fingerprint density at radius 2 is 1.61 bits per heavy atom. The third-order valence-corrected chi connectivity index (χ3v) is 4.54. The maximum Gasteiger partial charge on any atom is 0.141 e. The highest BCUT2D eigenvalue weighted by Crippen LogP contribution is 2.24. The van der Waals surface area contributed by atoms with Gasteiger partial charge in [0.1, 0.15) is 5.82 Å². The molecule has 0 amide bonds. The maximum absolute atomic E-state index is 4.88. The van der Waals surface area contributed by atoms with Crippen LogP contribution in [0.3, 0.4) is 0 Å². The highest BCUT2D eigenvalue weighted by molar-refractivity contribution is 5.80. The number of benzene rings is 2. The summed E-state index contributed by atoms with van der Waals surface area (Å²) >= 11 is 0. The minimum atomic E-state index is 0.977. The van der Waals surface area contributed by atoms with E-state index >= 15 is 0 Å². The summed E-state index contributed by atoms with van der Waals surface area (Å²) in [4.78, 5) is 7.41. The van der Waals surface area contributed by atoms with Gasteiger partial charge in [0, 0.05) is 44.8 Å². The molecule has 1 N–H and O–H groups in total. The molecule has 2 heterocycles. The number of piperazine rings is 1. The minimum absolute atomic E-state index is 0.977. The fourth-order valence-corrected chi connectivity index (χ4v) is 3.29. The van der Waals surface area contributed by atoms with Gasteiger partial charge in [-0.05, 0) is 12.1 Å². The molecule has 4 rings (SSSR count). The average Bonchev–Trinajstić information content (AvgIpc) is 3.00. The number of hydrogen-bond acceptors (Lipinski definition) is 3. The molecule has 118 valence electrons. The first kappa shape index (κ1) is 14.4. The molecule has 1 aromatic heterocycles. The van der Waals surface area contributed by atoms with Gasteiger partial charge in [-0.1, -0.05) is 42.5 Å². The maximum atomic E-state index is 4.88. The zero-order valence-corrected chi connectivity index (χ0v) is 13.3. The van der Waals surface area contributed by atoms with E-state index in [2.05, 4.69) is 69.4 Å². The van der Waals surface area contributed by atoms with Crippen molar-refractivity contribution < 1.29 is 0 Å². The smallest absolute Gasteiger partial charge is 0.141 e. The van der Waals surface area contributed by atoms with Crippen LogP contribution in [0, 0.1) is 0 Å². The molecule has 0 bridgehead atoms. The van der Waals surface area contributed by atoms with Crippen LogP contribution in [0.1, 0.15) is 0 Å². The van der Waals surface area contributed by atoms with Crippen molar-refractivity contribution in [1.82, 2.24) is 19.8 Å². The Labute approximate surface area is 136 Å². The molecule has 4 nitrogen and oxygen atoms in total. The second kappa shape index (κ2) is 6.52. The van der Waals surface area contributed by atoms with Crippen LogP contribution in [0.5, 0.6) is 0 Å². The average molecular weight is 306 g/mol. The molecule has 2 aromatic carbocycles. The van der Waals surface area contributed by atoms with Crippen LogP contribution in [-0.4, -0.2) is 47.2 Å². The van der Waals surface area contributed by atoms with Gasteiger partial charge in [-0.25, -0.2) is 4.98 Å². The lowest BCUT2D eigenvalue weighted by Crippen LogP contribution is -2.44. The van der Waals surface area contributed by atoms with Crippen molar-refractivity contribution in [3.05, 3.63) is 54.6 Å². The zero-order chi connectivity index (χ0) is 15.5. The second-order valence-electron chi connectivity index (χ2n) is 6.03. The number of nitrogens with zero attached hydrogens (tertiary/aromatic N) is 3. The van der Waals surface area contributed by atoms with Crippen molar-refractivity contribution in [2.75, 3.05) is 32.7 Å². The first-order valence-corrected chi connectivity index (χ1v) is 8.35. The predicted molar refractivity (Wildman–Crippen MR) is 94.5 cm³/mol. The molecular formula is C19H22N4. The van der Waals surface area contributed by atoms with Crippen LogP contribution in [-0.2, 0) is 6.54 Å². The standard InChI is InChI=1S/C19H22N4/c1-2-6-16(7-3-1)19-21-17-8-4-5-9-18(17)23(19)15-14-22-12-10-20-11-13-22/h1-9,20H,10-15H2. The molecule has 4 heteroatoms. The normalized spacial score (nSPS) is 16.0. The number of aromatic nitrogens is 2. The molecule has 0 saturated carbocycles. The molecule has 1 aliphatic heterocycles. The van der Waals surface area contributed by atoms with E-state index in [-0.39, 0.29) is 0 Å². The molecule has 1 saturated heterocycles. The Bertz CT molecular complexity index is 772. The van der Waals surface area contributed by atoms with Crippen molar-refractivity contribution in [2.24, 2.45) is 0 Å². The van der Waals surface area contributed by atoms with E-state index in [1.54, 1.807) is 0 Å². The third-order valence-electron chi connectivity index (χ3n) is 4.54.